The molecule has 2 rings (SSSR count). The third-order valence-corrected chi connectivity index (χ3v) is 4.25. The van der Waals surface area contributed by atoms with Crippen molar-refractivity contribution in [2.45, 2.75) is 31.1 Å². The lowest BCUT2D eigenvalue weighted by Crippen LogP contribution is -2.34. The van der Waals surface area contributed by atoms with Gasteiger partial charge in [0.05, 0.1) is 0 Å². The Kier molecular flexibility index (Phi) is 4.21. The summed E-state index contributed by atoms with van der Waals surface area (Å²) in [6.07, 6.45) is 2.54. The zero-order chi connectivity index (χ0) is 12.4. The predicted octanol–water partition coefficient (Wildman–Crippen LogP) is 3.74. The van der Waals surface area contributed by atoms with Crippen LogP contribution in [-0.4, -0.2) is 23.3 Å². The molecular formula is C14H19BrFN. The van der Waals surface area contributed by atoms with Crippen molar-refractivity contribution in [2.75, 3.05) is 13.6 Å². The van der Waals surface area contributed by atoms with E-state index in [-0.39, 0.29) is 5.82 Å². The molecule has 1 aromatic carbocycles. The van der Waals surface area contributed by atoms with Gasteiger partial charge in [0, 0.05) is 17.9 Å². The van der Waals surface area contributed by atoms with E-state index < -0.39 is 0 Å². The number of benzene rings is 1. The fourth-order valence-electron chi connectivity index (χ4n) is 2.41. The van der Waals surface area contributed by atoms with Gasteiger partial charge in [-0.25, -0.2) is 4.39 Å². The monoisotopic (exact) mass is 299 g/mol. The summed E-state index contributed by atoms with van der Waals surface area (Å²) in [7, 11) is 2.12. The molecule has 0 N–H and O–H groups in total. The highest BCUT2D eigenvalue weighted by atomic mass is 79.9. The first-order chi connectivity index (χ1) is 8.04. The first kappa shape index (κ1) is 13.0. The lowest BCUT2D eigenvalue weighted by Gasteiger charge is -2.34. The number of hydrogen-bond donors (Lipinski definition) is 0. The molecule has 1 aromatic rings. The van der Waals surface area contributed by atoms with Crippen LogP contribution in [0.2, 0.25) is 0 Å². The van der Waals surface area contributed by atoms with Gasteiger partial charge in [-0.3, -0.25) is 0 Å². The van der Waals surface area contributed by atoms with Crippen LogP contribution in [0.25, 0.3) is 0 Å². The quantitative estimate of drug-likeness (QED) is 0.766. The second-order valence-electron chi connectivity index (χ2n) is 5.20. The summed E-state index contributed by atoms with van der Waals surface area (Å²) < 4.78 is 13.2. The normalized spacial score (nSPS) is 23.8. The summed E-state index contributed by atoms with van der Waals surface area (Å²) in [4.78, 5) is 3.02. The summed E-state index contributed by atoms with van der Waals surface area (Å²) in [5.74, 6) is 0.668. The van der Waals surface area contributed by atoms with Crippen LogP contribution in [0.5, 0.6) is 0 Å². The Morgan fingerprint density at radius 2 is 2.12 bits per heavy atom. The topological polar surface area (TPSA) is 3.24 Å². The van der Waals surface area contributed by atoms with Crippen LogP contribution in [0.4, 0.5) is 4.39 Å². The molecule has 0 atom stereocenters. The number of alkyl halides is 1. The van der Waals surface area contributed by atoms with E-state index in [1.54, 1.807) is 6.07 Å². The van der Waals surface area contributed by atoms with Gasteiger partial charge in [-0.15, -0.1) is 0 Å². The van der Waals surface area contributed by atoms with E-state index in [0.29, 0.717) is 0 Å². The minimum atomic E-state index is -0.136. The maximum atomic E-state index is 13.2. The minimum Gasteiger partial charge on any atom is -0.302 e. The lowest BCUT2D eigenvalue weighted by molar-refractivity contribution is 0.208. The van der Waals surface area contributed by atoms with Crippen LogP contribution in [0.15, 0.2) is 18.2 Å². The van der Waals surface area contributed by atoms with Crippen molar-refractivity contribution in [3.05, 3.63) is 35.1 Å². The molecule has 1 fully saturated rings. The van der Waals surface area contributed by atoms with Crippen LogP contribution in [0.3, 0.4) is 0 Å². The van der Waals surface area contributed by atoms with Gasteiger partial charge in [0.2, 0.25) is 0 Å². The smallest absolute Gasteiger partial charge is 0.123 e. The Balaban J connectivity index is 1.89. The largest absolute Gasteiger partial charge is 0.302 e. The zero-order valence-corrected chi connectivity index (χ0v) is 12.0. The highest BCUT2D eigenvalue weighted by Gasteiger charge is 2.27. The Bertz CT molecular complexity index is 388. The second kappa shape index (κ2) is 5.49. The molecule has 0 amide bonds. The number of halogens is 2. The van der Waals surface area contributed by atoms with Crippen molar-refractivity contribution >= 4 is 15.9 Å². The van der Waals surface area contributed by atoms with Gasteiger partial charge in [-0.2, -0.15) is 0 Å². The second-order valence-corrected chi connectivity index (χ2v) is 6.50. The Morgan fingerprint density at radius 1 is 1.41 bits per heavy atom. The molecule has 0 heterocycles. The van der Waals surface area contributed by atoms with E-state index in [1.165, 1.54) is 24.5 Å². The molecule has 0 saturated heterocycles. The zero-order valence-electron chi connectivity index (χ0n) is 10.4. The molecule has 0 radical (unpaired) electrons. The standard InChI is InChI=1S/C14H19BrFN/c1-10-3-4-14(16)7-12(10)9-17(2)8-11-5-13(15)6-11/h3-4,7,11,13H,5-6,8-9H2,1-2H3. The fraction of sp³-hybridized carbons (Fsp3) is 0.571. The molecule has 0 spiro atoms. The molecular weight excluding hydrogens is 281 g/mol. The summed E-state index contributed by atoms with van der Waals surface area (Å²) in [5.41, 5.74) is 2.27. The average molecular weight is 300 g/mol. The molecule has 0 unspecified atom stereocenters. The van der Waals surface area contributed by atoms with E-state index in [4.69, 9.17) is 0 Å². The van der Waals surface area contributed by atoms with Crippen molar-refractivity contribution in [1.29, 1.82) is 0 Å². The Morgan fingerprint density at radius 3 is 2.76 bits per heavy atom. The summed E-state index contributed by atoms with van der Waals surface area (Å²) in [5, 5.41) is 0. The minimum absolute atomic E-state index is 0.136. The molecule has 1 saturated carbocycles. The van der Waals surface area contributed by atoms with Gasteiger partial charge in [-0.1, -0.05) is 22.0 Å². The fourth-order valence-corrected chi connectivity index (χ4v) is 3.47. The Labute approximate surface area is 111 Å². The molecule has 3 heteroatoms. The number of hydrogen-bond acceptors (Lipinski definition) is 1. The summed E-state index contributed by atoms with van der Waals surface area (Å²) in [6, 6.07) is 5.04. The lowest BCUT2D eigenvalue weighted by atomic mass is 9.85. The molecule has 1 nitrogen and oxygen atoms in total. The molecule has 17 heavy (non-hydrogen) atoms. The van der Waals surface area contributed by atoms with Gasteiger partial charge >= 0.3 is 0 Å². The van der Waals surface area contributed by atoms with Crippen LogP contribution in [0.1, 0.15) is 24.0 Å². The molecule has 94 valence electrons. The van der Waals surface area contributed by atoms with E-state index in [2.05, 4.69) is 27.9 Å². The summed E-state index contributed by atoms with van der Waals surface area (Å²) >= 11 is 3.61. The first-order valence-corrected chi connectivity index (χ1v) is 7.04. The van der Waals surface area contributed by atoms with E-state index in [0.717, 1.165) is 29.4 Å². The third kappa shape index (κ3) is 3.52. The molecule has 0 aliphatic heterocycles. The van der Waals surface area contributed by atoms with Crippen molar-refractivity contribution < 1.29 is 4.39 Å². The number of nitrogens with zero attached hydrogens (tertiary/aromatic N) is 1. The first-order valence-electron chi connectivity index (χ1n) is 6.12. The third-order valence-electron chi connectivity index (χ3n) is 3.50. The molecule has 1 aliphatic rings. The van der Waals surface area contributed by atoms with Crippen molar-refractivity contribution in [2.24, 2.45) is 5.92 Å². The van der Waals surface area contributed by atoms with Crippen LogP contribution in [0, 0.1) is 18.7 Å². The van der Waals surface area contributed by atoms with Gasteiger partial charge in [0.15, 0.2) is 0 Å². The van der Waals surface area contributed by atoms with Gasteiger partial charge < -0.3 is 4.90 Å². The average Bonchev–Trinajstić information content (AvgIpc) is 2.21. The number of rotatable bonds is 4. The van der Waals surface area contributed by atoms with Gasteiger partial charge in [0.1, 0.15) is 5.82 Å². The van der Waals surface area contributed by atoms with E-state index in [9.17, 15) is 4.39 Å². The van der Waals surface area contributed by atoms with Crippen LogP contribution in [-0.2, 0) is 6.54 Å². The molecule has 1 aliphatic carbocycles. The SMILES string of the molecule is Cc1ccc(F)cc1CN(C)CC1CC(Br)C1. The molecule has 0 aromatic heterocycles. The van der Waals surface area contributed by atoms with E-state index >= 15 is 0 Å². The van der Waals surface area contributed by atoms with Gasteiger partial charge in [-0.05, 0) is 56.0 Å². The van der Waals surface area contributed by atoms with Crippen molar-refractivity contribution in [3.8, 4) is 0 Å². The Hall–Kier alpha value is -0.410. The predicted molar refractivity (Wildman–Crippen MR) is 72.9 cm³/mol. The summed E-state index contributed by atoms with van der Waals surface area (Å²) in [6.45, 7) is 3.99. The highest BCUT2D eigenvalue weighted by molar-refractivity contribution is 9.09. The van der Waals surface area contributed by atoms with Crippen LogP contribution < -0.4 is 0 Å². The van der Waals surface area contributed by atoms with Crippen molar-refractivity contribution in [3.63, 3.8) is 0 Å². The highest BCUT2D eigenvalue weighted by Crippen LogP contribution is 2.33. The number of aryl methyl sites for hydroxylation is 1. The maximum Gasteiger partial charge on any atom is 0.123 e. The van der Waals surface area contributed by atoms with Crippen molar-refractivity contribution in [1.82, 2.24) is 4.90 Å². The maximum absolute atomic E-state index is 13.2. The van der Waals surface area contributed by atoms with E-state index in [1.807, 2.05) is 13.0 Å². The molecule has 0 bridgehead atoms. The van der Waals surface area contributed by atoms with Gasteiger partial charge in [0.25, 0.3) is 0 Å². The van der Waals surface area contributed by atoms with Crippen LogP contribution >= 0.6 is 15.9 Å².